The summed E-state index contributed by atoms with van der Waals surface area (Å²) in [5, 5.41) is 0.912. The summed E-state index contributed by atoms with van der Waals surface area (Å²) >= 11 is 9.46. The molecule has 35 heavy (non-hydrogen) atoms. The lowest BCUT2D eigenvalue weighted by Gasteiger charge is -1.97. The van der Waals surface area contributed by atoms with Crippen LogP contribution in [0.3, 0.4) is 0 Å². The third kappa shape index (κ3) is 13.5. The molecule has 8 nitrogen and oxygen atoms in total. The summed E-state index contributed by atoms with van der Waals surface area (Å²) in [4.78, 5) is 38.1. The van der Waals surface area contributed by atoms with E-state index in [0.717, 1.165) is 28.0 Å². The number of halogens is 3. The van der Waals surface area contributed by atoms with Crippen LogP contribution < -0.4 is 16.1 Å². The Balaban J connectivity index is 0.000000523. The molecule has 0 radical (unpaired) electrons. The molecule has 0 saturated heterocycles. The summed E-state index contributed by atoms with van der Waals surface area (Å²) in [6, 6.07) is 10.9. The van der Waals surface area contributed by atoms with Crippen LogP contribution in [0, 0.1) is 18.6 Å². The maximum Gasteiger partial charge on any atom is 0.349 e. The summed E-state index contributed by atoms with van der Waals surface area (Å²) in [6.45, 7) is 3.64. The zero-order chi connectivity index (χ0) is 24.1. The average Bonchev–Trinajstić information content (AvgIpc) is 2.80. The van der Waals surface area contributed by atoms with Crippen LogP contribution in [0.5, 0.6) is 0 Å². The number of H-pyrrole nitrogens is 3. The largest absolute Gasteiger partial charge is 0.349 e. The van der Waals surface area contributed by atoms with E-state index in [1.54, 1.807) is 48.1 Å². The van der Waals surface area contributed by atoms with Gasteiger partial charge in [0.25, 0.3) is 11.9 Å². The highest BCUT2D eigenvalue weighted by Gasteiger charge is 2.05. The topological polar surface area (TPSA) is 111 Å². The average molecular weight is 666 g/mol. The van der Waals surface area contributed by atoms with Crippen LogP contribution in [0.1, 0.15) is 22.5 Å². The third-order valence-electron chi connectivity index (χ3n) is 3.89. The van der Waals surface area contributed by atoms with Gasteiger partial charge < -0.3 is 4.98 Å². The van der Waals surface area contributed by atoms with E-state index in [-0.39, 0.29) is 40.5 Å². The molecule has 0 aliphatic rings. The highest BCUT2D eigenvalue weighted by molar-refractivity contribution is 9.08. The molecule has 3 N–H and O–H groups in total. The van der Waals surface area contributed by atoms with Gasteiger partial charge in [0.05, 0.1) is 23.8 Å². The standard InChI is InChI=1S/C11H11N3OS.C6H6BrN.C5H6N2OS.BrH.ClH/c1-9-6-11(15)14(8-13-9)16-7-10-2-4-12-5-3-10;7-5-6-1-3-8-4-2-6;1-3-2-4(8)7-5(9)6-3;;/h2-6,8H,7H2,1H3;1-4H,5H2;2H,1H3,(H2,6,7,8,9);2*1H/p+1. The van der Waals surface area contributed by atoms with Gasteiger partial charge in [-0.15, -0.1) is 33.4 Å². The Bertz CT molecular complexity index is 1280. The van der Waals surface area contributed by atoms with Crippen LogP contribution in [0.4, 0.5) is 0 Å². The lowest BCUT2D eigenvalue weighted by molar-refractivity contribution is -0.393. The van der Waals surface area contributed by atoms with Crippen molar-refractivity contribution in [3.05, 3.63) is 116 Å². The van der Waals surface area contributed by atoms with Crippen molar-refractivity contribution in [2.24, 2.45) is 0 Å². The van der Waals surface area contributed by atoms with E-state index >= 15 is 0 Å². The van der Waals surface area contributed by atoms with Gasteiger partial charge in [-0.05, 0) is 61.5 Å². The first-order chi connectivity index (χ1) is 15.9. The van der Waals surface area contributed by atoms with E-state index in [1.165, 1.54) is 23.6 Å². The van der Waals surface area contributed by atoms with Crippen molar-refractivity contribution in [2.75, 3.05) is 0 Å². The van der Waals surface area contributed by atoms with E-state index in [9.17, 15) is 9.59 Å². The third-order valence-corrected chi connectivity index (χ3v) is 5.76. The number of pyridine rings is 2. The number of aryl methyl sites for hydroxylation is 2. The Labute approximate surface area is 237 Å². The van der Waals surface area contributed by atoms with E-state index in [1.807, 2.05) is 31.2 Å². The number of nitrogens with zero attached hydrogens (tertiary/aromatic N) is 3. The fraction of sp³-hybridized carbons (Fsp3) is 0.182. The minimum Gasteiger partial charge on any atom is -0.336 e. The van der Waals surface area contributed by atoms with Gasteiger partial charge in [-0.25, -0.2) is 9.78 Å². The summed E-state index contributed by atoms with van der Waals surface area (Å²) in [6.07, 6.45) is 8.76. The van der Waals surface area contributed by atoms with Crippen LogP contribution in [0.2, 0.25) is 0 Å². The second kappa shape index (κ2) is 18.2. The summed E-state index contributed by atoms with van der Waals surface area (Å²) < 4.78 is 1.97. The molecule has 0 aliphatic heterocycles. The second-order valence-electron chi connectivity index (χ2n) is 6.65. The Morgan fingerprint density at radius 2 is 1.57 bits per heavy atom. The molecule has 4 rings (SSSR count). The summed E-state index contributed by atoms with van der Waals surface area (Å²) in [5.41, 5.74) is 3.90. The molecule has 0 spiro atoms. The normalized spacial score (nSPS) is 9.23. The van der Waals surface area contributed by atoms with E-state index < -0.39 is 0 Å². The Morgan fingerprint density at radius 3 is 2.03 bits per heavy atom. The SMILES string of the molecule is Br.BrCc1ccncc1.Cc1cc(=O)[nH]c(=S)[nH]1.Cc1cc(=O)n(SCc2ccncc2)c[nH+]1.Cl. The molecule has 0 aliphatic carbocycles. The molecule has 0 atom stereocenters. The number of alkyl halides is 1. The minimum atomic E-state index is -0.156. The van der Waals surface area contributed by atoms with Gasteiger partial charge in [0.1, 0.15) is 5.69 Å². The number of aromatic nitrogens is 6. The van der Waals surface area contributed by atoms with Crippen molar-refractivity contribution in [2.45, 2.75) is 24.9 Å². The number of hydrogen-bond donors (Lipinski definition) is 2. The quantitative estimate of drug-likeness (QED) is 0.240. The lowest BCUT2D eigenvalue weighted by atomic mass is 10.3. The maximum atomic E-state index is 11.6. The van der Waals surface area contributed by atoms with Gasteiger partial charge in [0, 0.05) is 41.9 Å². The van der Waals surface area contributed by atoms with Gasteiger partial charge in [-0.3, -0.25) is 19.7 Å². The molecule has 0 saturated carbocycles. The molecule has 4 heterocycles. The van der Waals surface area contributed by atoms with Crippen molar-refractivity contribution in [3.8, 4) is 0 Å². The predicted octanol–water partition coefficient (Wildman–Crippen LogP) is 4.78. The molecule has 0 amide bonds. The maximum absolute atomic E-state index is 11.6. The first-order valence-corrected chi connectivity index (χ1v) is 12.2. The predicted molar refractivity (Wildman–Crippen MR) is 154 cm³/mol. The van der Waals surface area contributed by atoms with Crippen molar-refractivity contribution in [3.63, 3.8) is 0 Å². The minimum absolute atomic E-state index is 0. The fourth-order valence-electron chi connectivity index (χ4n) is 2.30. The highest BCUT2D eigenvalue weighted by Crippen LogP contribution is 2.10. The van der Waals surface area contributed by atoms with E-state index in [0.29, 0.717) is 4.77 Å². The molecule has 4 aromatic rings. The smallest absolute Gasteiger partial charge is 0.336 e. The van der Waals surface area contributed by atoms with Crippen LogP contribution >= 0.6 is 69.5 Å². The van der Waals surface area contributed by atoms with Crippen molar-refractivity contribution >= 4 is 69.5 Å². The monoisotopic (exact) mass is 663 g/mol. The number of hydrogen-bond acceptors (Lipinski definition) is 6. The molecular formula is C22H26Br2ClN6O2S2+. The molecule has 0 aromatic carbocycles. The number of nitrogens with one attached hydrogen (secondary N) is 3. The zero-order valence-corrected chi connectivity index (χ0v) is 24.7. The Kier molecular flexibility index (Phi) is 17.1. The molecule has 13 heteroatoms. The molecule has 4 aromatic heterocycles. The second-order valence-corrected chi connectivity index (χ2v) is 8.56. The fourth-order valence-corrected chi connectivity index (χ4v) is 3.72. The van der Waals surface area contributed by atoms with Crippen LogP contribution in [-0.2, 0) is 11.1 Å². The van der Waals surface area contributed by atoms with Crippen LogP contribution in [-0.4, -0.2) is 23.9 Å². The molecule has 0 fully saturated rings. The zero-order valence-electron chi connectivity index (χ0n) is 18.9. The van der Waals surface area contributed by atoms with Crippen molar-refractivity contribution in [1.29, 1.82) is 0 Å². The molecule has 0 unspecified atom stereocenters. The van der Waals surface area contributed by atoms with Crippen LogP contribution in [0.15, 0.2) is 77.1 Å². The molecule has 188 valence electrons. The summed E-state index contributed by atoms with van der Waals surface area (Å²) in [5.74, 6) is 0.749. The molecular weight excluding hydrogens is 640 g/mol. The molecule has 0 bridgehead atoms. The van der Waals surface area contributed by atoms with Gasteiger partial charge in [0.2, 0.25) is 0 Å². The number of aromatic amines is 3. The highest BCUT2D eigenvalue weighted by atomic mass is 79.9. The Morgan fingerprint density at radius 1 is 1.00 bits per heavy atom. The van der Waals surface area contributed by atoms with Gasteiger partial charge in [0.15, 0.2) is 4.77 Å². The summed E-state index contributed by atoms with van der Waals surface area (Å²) in [7, 11) is 0. The van der Waals surface area contributed by atoms with Gasteiger partial charge >= 0.3 is 5.56 Å². The van der Waals surface area contributed by atoms with Crippen molar-refractivity contribution in [1.82, 2.24) is 23.9 Å². The first-order valence-electron chi connectivity index (χ1n) is 9.75. The van der Waals surface area contributed by atoms with Crippen LogP contribution in [0.25, 0.3) is 0 Å². The van der Waals surface area contributed by atoms with E-state index in [2.05, 4.69) is 53.1 Å². The van der Waals surface area contributed by atoms with Gasteiger partial charge in [-0.1, -0.05) is 15.9 Å². The lowest BCUT2D eigenvalue weighted by Crippen LogP contribution is -2.23. The van der Waals surface area contributed by atoms with E-state index in [4.69, 9.17) is 0 Å². The number of rotatable bonds is 4. The van der Waals surface area contributed by atoms with Crippen molar-refractivity contribution < 1.29 is 4.98 Å². The van der Waals surface area contributed by atoms with Gasteiger partial charge in [-0.2, -0.15) is 0 Å². The Hall–Kier alpha value is -2.12. The first kappa shape index (κ1) is 32.9.